The Labute approximate surface area is 113 Å². The van der Waals surface area contributed by atoms with Gasteiger partial charge < -0.3 is 4.74 Å². The Hall–Kier alpha value is -0.620. The number of aryl methyl sites for hydroxylation is 1. The minimum Gasteiger partial charge on any atom is -0.378 e. The number of halogens is 1. The molecule has 1 unspecified atom stereocenters. The van der Waals surface area contributed by atoms with Gasteiger partial charge in [0.2, 0.25) is 0 Å². The molecule has 2 rings (SSSR count). The number of hydrazine groups is 1. The van der Waals surface area contributed by atoms with E-state index in [1.807, 2.05) is 11.6 Å². The van der Waals surface area contributed by atoms with E-state index in [9.17, 15) is 0 Å². The first-order chi connectivity index (χ1) is 8.65. The van der Waals surface area contributed by atoms with Crippen molar-refractivity contribution >= 4 is 11.6 Å². The zero-order valence-corrected chi connectivity index (χ0v) is 11.7. The molecule has 0 saturated heterocycles. The van der Waals surface area contributed by atoms with Crippen LogP contribution >= 0.6 is 11.6 Å². The molecule has 0 spiro atoms. The summed E-state index contributed by atoms with van der Waals surface area (Å²) in [5.41, 5.74) is 3.75. The first kappa shape index (κ1) is 13.8. The lowest BCUT2D eigenvalue weighted by Crippen LogP contribution is -2.44. The summed E-state index contributed by atoms with van der Waals surface area (Å²) in [7, 11) is 1.77. The molecule has 0 aromatic carbocycles. The van der Waals surface area contributed by atoms with Crippen LogP contribution in [0.2, 0.25) is 5.02 Å². The number of hydrogen-bond donors (Lipinski definition) is 2. The molecule has 0 aliphatic heterocycles. The van der Waals surface area contributed by atoms with Crippen molar-refractivity contribution in [1.29, 1.82) is 0 Å². The molecule has 1 aromatic rings. The van der Waals surface area contributed by atoms with Crippen LogP contribution in [0.4, 0.5) is 0 Å². The Morgan fingerprint density at radius 3 is 2.83 bits per heavy atom. The van der Waals surface area contributed by atoms with Crippen molar-refractivity contribution < 1.29 is 4.74 Å². The summed E-state index contributed by atoms with van der Waals surface area (Å²) < 4.78 is 7.53. The van der Waals surface area contributed by atoms with Gasteiger partial charge in [-0.3, -0.25) is 16.0 Å². The number of nitrogens with two attached hydrogens (primary N) is 1. The maximum Gasteiger partial charge on any atom is 0.0834 e. The second kappa shape index (κ2) is 5.57. The third-order valence-electron chi connectivity index (χ3n) is 3.94. The number of rotatable bonds is 6. The molecule has 1 aromatic heterocycles. The van der Waals surface area contributed by atoms with Gasteiger partial charge in [-0.15, -0.1) is 0 Å². The molecule has 1 aliphatic carbocycles. The standard InChI is InChI=1S/C12H21ClN4O/c1-3-17-11(9(13)8-15-17)10(16-14)7-12(18-2)5-4-6-12/h8,10,16H,3-7,14H2,1-2H3. The quantitative estimate of drug-likeness (QED) is 0.614. The van der Waals surface area contributed by atoms with E-state index in [2.05, 4.69) is 10.5 Å². The fourth-order valence-electron chi connectivity index (χ4n) is 2.64. The zero-order chi connectivity index (χ0) is 13.2. The second-order valence-corrected chi connectivity index (χ2v) is 5.26. The topological polar surface area (TPSA) is 65.1 Å². The number of methoxy groups -OCH3 is 1. The van der Waals surface area contributed by atoms with Crippen LogP contribution in [0.25, 0.3) is 0 Å². The average molecular weight is 273 g/mol. The lowest BCUT2D eigenvalue weighted by atomic mass is 9.75. The van der Waals surface area contributed by atoms with Crippen molar-refractivity contribution in [3.05, 3.63) is 16.9 Å². The number of nitrogens with zero attached hydrogens (tertiary/aromatic N) is 2. The van der Waals surface area contributed by atoms with Crippen LogP contribution in [0.1, 0.15) is 44.3 Å². The van der Waals surface area contributed by atoms with E-state index >= 15 is 0 Å². The summed E-state index contributed by atoms with van der Waals surface area (Å²) in [4.78, 5) is 0. The summed E-state index contributed by atoms with van der Waals surface area (Å²) in [5.74, 6) is 5.69. The molecular formula is C12H21ClN4O. The second-order valence-electron chi connectivity index (χ2n) is 4.86. The Morgan fingerprint density at radius 1 is 1.67 bits per heavy atom. The third kappa shape index (κ3) is 2.40. The first-order valence-corrected chi connectivity index (χ1v) is 6.76. The van der Waals surface area contributed by atoms with Crippen molar-refractivity contribution in [3.63, 3.8) is 0 Å². The number of ether oxygens (including phenoxy) is 1. The van der Waals surface area contributed by atoms with E-state index in [0.29, 0.717) is 5.02 Å². The highest BCUT2D eigenvalue weighted by atomic mass is 35.5. The van der Waals surface area contributed by atoms with Crippen LogP contribution in [-0.4, -0.2) is 22.5 Å². The zero-order valence-electron chi connectivity index (χ0n) is 10.9. The summed E-state index contributed by atoms with van der Waals surface area (Å²) in [5, 5.41) is 4.91. The molecule has 1 fully saturated rings. The highest BCUT2D eigenvalue weighted by Gasteiger charge is 2.40. The van der Waals surface area contributed by atoms with E-state index in [0.717, 1.165) is 31.5 Å². The fraction of sp³-hybridized carbons (Fsp3) is 0.750. The molecule has 0 bridgehead atoms. The summed E-state index contributed by atoms with van der Waals surface area (Å²) in [6.07, 6.45) is 5.88. The molecule has 1 aliphatic rings. The highest BCUT2D eigenvalue weighted by molar-refractivity contribution is 6.31. The third-order valence-corrected chi connectivity index (χ3v) is 4.23. The van der Waals surface area contributed by atoms with E-state index in [1.165, 1.54) is 6.42 Å². The van der Waals surface area contributed by atoms with Crippen LogP contribution in [0, 0.1) is 0 Å². The molecule has 102 valence electrons. The minimum absolute atomic E-state index is 0.0276. The van der Waals surface area contributed by atoms with E-state index in [-0.39, 0.29) is 11.6 Å². The molecular weight excluding hydrogens is 252 g/mol. The maximum absolute atomic E-state index is 6.21. The molecule has 5 nitrogen and oxygen atoms in total. The van der Waals surface area contributed by atoms with Gasteiger partial charge in [0.1, 0.15) is 0 Å². The number of nitrogens with one attached hydrogen (secondary N) is 1. The predicted molar refractivity (Wildman–Crippen MR) is 71.2 cm³/mol. The van der Waals surface area contributed by atoms with Crippen LogP contribution in [0.3, 0.4) is 0 Å². The average Bonchev–Trinajstić information content (AvgIpc) is 2.71. The Bertz CT molecular complexity index is 397. The molecule has 0 amide bonds. The van der Waals surface area contributed by atoms with E-state index in [4.69, 9.17) is 22.2 Å². The summed E-state index contributed by atoms with van der Waals surface area (Å²) in [6.45, 7) is 2.82. The van der Waals surface area contributed by atoms with Gasteiger partial charge in [-0.1, -0.05) is 11.6 Å². The monoisotopic (exact) mass is 272 g/mol. The van der Waals surface area contributed by atoms with Gasteiger partial charge in [0, 0.05) is 13.7 Å². The van der Waals surface area contributed by atoms with E-state index < -0.39 is 0 Å². The van der Waals surface area contributed by atoms with Gasteiger partial charge in [-0.05, 0) is 32.6 Å². The molecule has 1 atom stereocenters. The van der Waals surface area contributed by atoms with Gasteiger partial charge in [0.25, 0.3) is 0 Å². The largest absolute Gasteiger partial charge is 0.378 e. The minimum atomic E-state index is -0.0524. The normalized spacial score (nSPS) is 19.6. The lowest BCUT2D eigenvalue weighted by molar-refractivity contribution is -0.0842. The van der Waals surface area contributed by atoms with Gasteiger partial charge in [-0.2, -0.15) is 5.10 Å². The highest BCUT2D eigenvalue weighted by Crippen LogP contribution is 2.42. The molecule has 3 N–H and O–H groups in total. The van der Waals surface area contributed by atoms with Crippen molar-refractivity contribution in [2.24, 2.45) is 5.84 Å². The van der Waals surface area contributed by atoms with Gasteiger partial charge >= 0.3 is 0 Å². The van der Waals surface area contributed by atoms with Gasteiger partial charge in [0.05, 0.1) is 28.6 Å². The van der Waals surface area contributed by atoms with Crippen LogP contribution in [-0.2, 0) is 11.3 Å². The van der Waals surface area contributed by atoms with Crippen LogP contribution < -0.4 is 11.3 Å². The molecule has 1 saturated carbocycles. The van der Waals surface area contributed by atoms with Crippen molar-refractivity contribution in [1.82, 2.24) is 15.2 Å². The number of hydrogen-bond acceptors (Lipinski definition) is 4. The Kier molecular flexibility index (Phi) is 4.27. The molecule has 0 radical (unpaired) electrons. The Balaban J connectivity index is 2.19. The van der Waals surface area contributed by atoms with Crippen molar-refractivity contribution in [2.45, 2.75) is 50.8 Å². The Morgan fingerprint density at radius 2 is 2.39 bits per heavy atom. The van der Waals surface area contributed by atoms with E-state index in [1.54, 1.807) is 13.3 Å². The fourth-order valence-corrected chi connectivity index (χ4v) is 2.91. The van der Waals surface area contributed by atoms with Crippen molar-refractivity contribution in [2.75, 3.05) is 7.11 Å². The van der Waals surface area contributed by atoms with Crippen LogP contribution in [0.15, 0.2) is 6.20 Å². The number of aromatic nitrogens is 2. The molecule has 18 heavy (non-hydrogen) atoms. The van der Waals surface area contributed by atoms with Crippen LogP contribution in [0.5, 0.6) is 0 Å². The lowest BCUT2D eigenvalue weighted by Gasteiger charge is -2.42. The smallest absolute Gasteiger partial charge is 0.0834 e. The molecule has 1 heterocycles. The van der Waals surface area contributed by atoms with Crippen molar-refractivity contribution in [3.8, 4) is 0 Å². The van der Waals surface area contributed by atoms with Gasteiger partial charge in [0.15, 0.2) is 0 Å². The summed E-state index contributed by atoms with van der Waals surface area (Å²) in [6, 6.07) is -0.0276. The summed E-state index contributed by atoms with van der Waals surface area (Å²) >= 11 is 6.21. The molecule has 6 heteroatoms. The van der Waals surface area contributed by atoms with Gasteiger partial charge in [-0.25, -0.2) is 0 Å². The predicted octanol–water partition coefficient (Wildman–Crippen LogP) is 2.02. The maximum atomic E-state index is 6.21. The SMILES string of the molecule is CCn1ncc(Cl)c1C(CC1(OC)CCC1)NN. The first-order valence-electron chi connectivity index (χ1n) is 6.38.